The molecule has 2 rings (SSSR count). The van der Waals surface area contributed by atoms with Crippen molar-refractivity contribution >= 4 is 34.0 Å². The summed E-state index contributed by atoms with van der Waals surface area (Å²) < 4.78 is 14.0. The summed E-state index contributed by atoms with van der Waals surface area (Å²) in [5.74, 6) is -0.216. The van der Waals surface area contributed by atoms with Crippen LogP contribution in [0.1, 0.15) is 12.8 Å². The van der Waals surface area contributed by atoms with Gasteiger partial charge in [0, 0.05) is 18.7 Å². The number of likely N-dealkylation sites (tertiary alicyclic amines) is 1. The average molecular weight is 349 g/mol. The number of rotatable bonds is 2. The van der Waals surface area contributed by atoms with Gasteiger partial charge in [-0.05, 0) is 55.1 Å². The van der Waals surface area contributed by atoms with Gasteiger partial charge in [-0.15, -0.1) is 0 Å². The minimum absolute atomic E-state index is 0.216. The molecule has 1 aromatic carbocycles. The number of nitrogens with zero attached hydrogens (tertiary/aromatic N) is 1. The van der Waals surface area contributed by atoms with Gasteiger partial charge in [-0.25, -0.2) is 4.39 Å². The lowest BCUT2D eigenvalue weighted by atomic mass is 10.1. The van der Waals surface area contributed by atoms with Gasteiger partial charge in [0.1, 0.15) is 5.82 Å². The molecule has 1 atom stereocenters. The largest absolute Gasteiger partial charge is 0.397 e. The highest BCUT2D eigenvalue weighted by atomic mass is 127. The van der Waals surface area contributed by atoms with Gasteiger partial charge in [0.05, 0.1) is 14.9 Å². The van der Waals surface area contributed by atoms with Crippen LogP contribution < -0.4 is 11.1 Å². The molecule has 0 spiro atoms. The quantitative estimate of drug-likeness (QED) is 0.637. The number of nitrogens with one attached hydrogen (secondary N) is 1. The van der Waals surface area contributed by atoms with Gasteiger partial charge in [0.2, 0.25) is 0 Å². The van der Waals surface area contributed by atoms with E-state index in [0.717, 1.165) is 19.5 Å². The minimum atomic E-state index is -0.216. The van der Waals surface area contributed by atoms with Crippen molar-refractivity contribution < 1.29 is 4.39 Å². The predicted octanol–water partition coefficient (Wildman–Crippen LogP) is 2.52. The summed E-state index contributed by atoms with van der Waals surface area (Å²) in [5.41, 5.74) is 7.22. The molecule has 0 bridgehead atoms. The molecule has 17 heavy (non-hydrogen) atoms. The Morgan fingerprint density at radius 1 is 1.53 bits per heavy atom. The molecule has 1 unspecified atom stereocenters. The van der Waals surface area contributed by atoms with Crippen LogP contribution >= 0.6 is 22.6 Å². The lowest BCUT2D eigenvalue weighted by molar-refractivity contribution is 0.261. The molecule has 1 aliphatic heterocycles. The second-order valence-electron chi connectivity index (χ2n) is 4.60. The average Bonchev–Trinajstić information content (AvgIpc) is 2.26. The van der Waals surface area contributed by atoms with Gasteiger partial charge in [-0.2, -0.15) is 0 Å². The molecular weight excluding hydrogens is 332 g/mol. The van der Waals surface area contributed by atoms with E-state index in [-0.39, 0.29) is 5.82 Å². The van der Waals surface area contributed by atoms with E-state index in [1.54, 1.807) is 6.07 Å². The first-order chi connectivity index (χ1) is 8.06. The van der Waals surface area contributed by atoms with Crippen LogP contribution in [-0.4, -0.2) is 31.1 Å². The summed E-state index contributed by atoms with van der Waals surface area (Å²) in [6.45, 7) is 2.11. The van der Waals surface area contributed by atoms with E-state index >= 15 is 0 Å². The second-order valence-corrected chi connectivity index (χ2v) is 5.76. The SMILES string of the molecule is CN1CCCC(Nc2cc(F)c(I)cc2N)C1. The molecule has 1 aliphatic rings. The van der Waals surface area contributed by atoms with Crippen LogP contribution in [0.15, 0.2) is 12.1 Å². The summed E-state index contributed by atoms with van der Waals surface area (Å²) in [6.07, 6.45) is 2.28. The van der Waals surface area contributed by atoms with E-state index in [9.17, 15) is 4.39 Å². The van der Waals surface area contributed by atoms with Crippen LogP contribution in [0.3, 0.4) is 0 Å². The normalized spacial score (nSPS) is 21.5. The highest BCUT2D eigenvalue weighted by Gasteiger charge is 2.18. The molecule has 0 saturated carbocycles. The van der Waals surface area contributed by atoms with Crippen molar-refractivity contribution in [3.8, 4) is 0 Å². The maximum Gasteiger partial charge on any atom is 0.138 e. The third-order valence-corrected chi connectivity index (χ3v) is 3.90. The van der Waals surface area contributed by atoms with Crippen LogP contribution in [-0.2, 0) is 0 Å². The Morgan fingerprint density at radius 2 is 2.29 bits per heavy atom. The molecule has 1 aromatic rings. The number of benzene rings is 1. The topological polar surface area (TPSA) is 41.3 Å². The summed E-state index contributed by atoms with van der Waals surface area (Å²) in [7, 11) is 2.10. The monoisotopic (exact) mass is 349 g/mol. The van der Waals surface area contributed by atoms with Gasteiger partial charge in [-0.3, -0.25) is 0 Å². The molecule has 3 N–H and O–H groups in total. The highest BCUT2D eigenvalue weighted by molar-refractivity contribution is 14.1. The van der Waals surface area contributed by atoms with Gasteiger partial charge in [0.15, 0.2) is 0 Å². The standard InChI is InChI=1S/C12H17FIN3/c1-17-4-2-3-8(7-17)16-12-5-9(13)10(14)6-11(12)15/h5-6,8,16H,2-4,7,15H2,1H3. The zero-order valence-corrected chi connectivity index (χ0v) is 12.0. The third kappa shape index (κ3) is 3.22. The minimum Gasteiger partial charge on any atom is -0.397 e. The van der Waals surface area contributed by atoms with Crippen LogP contribution in [0.2, 0.25) is 0 Å². The highest BCUT2D eigenvalue weighted by Crippen LogP contribution is 2.26. The number of likely N-dealkylation sites (N-methyl/N-ethyl adjacent to an activating group) is 1. The van der Waals surface area contributed by atoms with Crippen molar-refractivity contribution in [3.63, 3.8) is 0 Å². The number of hydrogen-bond donors (Lipinski definition) is 2. The molecule has 94 valence electrons. The van der Waals surface area contributed by atoms with Crippen LogP contribution in [0, 0.1) is 9.39 Å². The number of piperidine rings is 1. The van der Waals surface area contributed by atoms with E-state index in [1.807, 2.05) is 22.6 Å². The first-order valence-corrected chi connectivity index (χ1v) is 6.83. The Labute approximate surface area is 115 Å². The lowest BCUT2D eigenvalue weighted by Crippen LogP contribution is -2.39. The van der Waals surface area contributed by atoms with Crippen molar-refractivity contribution in [1.29, 1.82) is 0 Å². The first-order valence-electron chi connectivity index (χ1n) is 5.76. The van der Waals surface area contributed by atoms with Crippen LogP contribution in [0.25, 0.3) is 0 Å². The fraction of sp³-hybridized carbons (Fsp3) is 0.500. The van der Waals surface area contributed by atoms with Crippen molar-refractivity contribution in [1.82, 2.24) is 4.90 Å². The number of anilines is 2. The second kappa shape index (κ2) is 5.39. The van der Waals surface area contributed by atoms with Crippen LogP contribution in [0.5, 0.6) is 0 Å². The summed E-state index contributed by atoms with van der Waals surface area (Å²) >= 11 is 1.95. The van der Waals surface area contributed by atoms with E-state index in [4.69, 9.17) is 5.73 Å². The molecule has 0 amide bonds. The Hall–Kier alpha value is -0.560. The van der Waals surface area contributed by atoms with Gasteiger partial charge in [-0.1, -0.05) is 0 Å². The maximum absolute atomic E-state index is 13.5. The van der Waals surface area contributed by atoms with Gasteiger partial charge >= 0.3 is 0 Å². The van der Waals surface area contributed by atoms with E-state index < -0.39 is 0 Å². The van der Waals surface area contributed by atoms with Crippen molar-refractivity contribution in [3.05, 3.63) is 21.5 Å². The number of hydrogen-bond acceptors (Lipinski definition) is 3. The fourth-order valence-corrected chi connectivity index (χ4v) is 2.68. The van der Waals surface area contributed by atoms with Crippen molar-refractivity contribution in [2.75, 3.05) is 31.2 Å². The number of nitrogens with two attached hydrogens (primary N) is 1. The summed E-state index contributed by atoms with van der Waals surface area (Å²) in [4.78, 5) is 2.28. The van der Waals surface area contributed by atoms with E-state index in [2.05, 4.69) is 17.3 Å². The molecule has 1 heterocycles. The van der Waals surface area contributed by atoms with E-state index in [0.29, 0.717) is 21.0 Å². The van der Waals surface area contributed by atoms with Crippen molar-refractivity contribution in [2.24, 2.45) is 0 Å². The molecule has 5 heteroatoms. The van der Waals surface area contributed by atoms with Gasteiger partial charge < -0.3 is 16.0 Å². The Kier molecular flexibility index (Phi) is 4.09. The zero-order valence-electron chi connectivity index (χ0n) is 9.84. The molecule has 0 radical (unpaired) electrons. The molecule has 0 aliphatic carbocycles. The summed E-state index contributed by atoms with van der Waals surface area (Å²) in [6, 6.07) is 3.52. The third-order valence-electron chi connectivity index (χ3n) is 3.08. The van der Waals surface area contributed by atoms with Crippen molar-refractivity contribution in [2.45, 2.75) is 18.9 Å². The Morgan fingerprint density at radius 3 is 3.00 bits per heavy atom. The lowest BCUT2D eigenvalue weighted by Gasteiger charge is -2.31. The van der Waals surface area contributed by atoms with Gasteiger partial charge in [0.25, 0.3) is 0 Å². The summed E-state index contributed by atoms with van der Waals surface area (Å²) in [5, 5.41) is 3.34. The zero-order chi connectivity index (χ0) is 12.4. The smallest absolute Gasteiger partial charge is 0.138 e. The maximum atomic E-state index is 13.5. The van der Waals surface area contributed by atoms with Crippen LogP contribution in [0.4, 0.5) is 15.8 Å². The molecular formula is C12H17FIN3. The molecule has 0 aromatic heterocycles. The molecule has 3 nitrogen and oxygen atoms in total. The fourth-order valence-electron chi connectivity index (χ4n) is 2.19. The number of halogens is 2. The molecule has 1 fully saturated rings. The molecule has 1 saturated heterocycles. The van der Waals surface area contributed by atoms with E-state index in [1.165, 1.54) is 12.5 Å². The number of nitrogen functional groups attached to an aromatic ring is 1. The predicted molar refractivity (Wildman–Crippen MR) is 77.7 cm³/mol. The Balaban J connectivity index is 2.10. The Bertz CT molecular complexity index is 411. The first kappa shape index (κ1) is 12.9.